The minimum absolute atomic E-state index is 0.0329. The van der Waals surface area contributed by atoms with Crippen molar-refractivity contribution in [2.75, 3.05) is 10.0 Å². The molecule has 1 saturated carbocycles. The molecule has 4 rings (SSSR count). The predicted octanol–water partition coefficient (Wildman–Crippen LogP) is 3.64. The first-order chi connectivity index (χ1) is 14.3. The third kappa shape index (κ3) is 4.49. The number of aromatic nitrogens is 2. The fraction of sp³-hybridized carbons (Fsp3) is 0.227. The number of carbonyl (C=O) groups is 1. The summed E-state index contributed by atoms with van der Waals surface area (Å²) in [5.74, 6) is 0.166. The summed E-state index contributed by atoms with van der Waals surface area (Å²) in [6.45, 7) is 3.54. The van der Waals surface area contributed by atoms with Crippen LogP contribution in [0, 0.1) is 19.8 Å². The Morgan fingerprint density at radius 1 is 0.967 bits per heavy atom. The van der Waals surface area contributed by atoms with E-state index in [9.17, 15) is 13.2 Å². The van der Waals surface area contributed by atoms with Crippen molar-refractivity contribution < 1.29 is 13.2 Å². The van der Waals surface area contributed by atoms with Crippen LogP contribution >= 0.6 is 0 Å². The maximum Gasteiger partial charge on any atom is 0.264 e. The molecule has 8 heteroatoms. The van der Waals surface area contributed by atoms with Crippen LogP contribution in [0.3, 0.4) is 0 Å². The molecule has 30 heavy (non-hydrogen) atoms. The number of amides is 1. The first kappa shape index (κ1) is 20.0. The Balaban J connectivity index is 1.41. The second-order valence-electron chi connectivity index (χ2n) is 7.45. The molecule has 0 radical (unpaired) electrons. The lowest BCUT2D eigenvalue weighted by Gasteiger charge is -2.09. The molecule has 1 amide bonds. The van der Waals surface area contributed by atoms with Gasteiger partial charge in [-0.25, -0.2) is 23.1 Å². The zero-order chi connectivity index (χ0) is 21.3. The zero-order valence-corrected chi connectivity index (χ0v) is 17.5. The summed E-state index contributed by atoms with van der Waals surface area (Å²) in [4.78, 5) is 20.8. The molecule has 1 fully saturated rings. The molecular weight excluding hydrogens is 400 g/mol. The molecule has 0 saturated heterocycles. The van der Waals surface area contributed by atoms with E-state index in [2.05, 4.69) is 20.0 Å². The smallest absolute Gasteiger partial charge is 0.264 e. The summed E-state index contributed by atoms with van der Waals surface area (Å²) < 4.78 is 27.6. The minimum atomic E-state index is -3.83. The quantitative estimate of drug-likeness (QED) is 0.632. The van der Waals surface area contributed by atoms with E-state index in [-0.39, 0.29) is 28.6 Å². The van der Waals surface area contributed by atoms with Crippen molar-refractivity contribution in [3.05, 3.63) is 77.6 Å². The van der Waals surface area contributed by atoms with Crippen LogP contribution in [0.25, 0.3) is 0 Å². The third-order valence-corrected chi connectivity index (χ3v) is 6.34. The number of carbonyl (C=O) groups excluding carboxylic acids is 1. The lowest BCUT2D eigenvalue weighted by Crippen LogP contribution is -2.17. The highest BCUT2D eigenvalue weighted by Crippen LogP contribution is 2.47. The van der Waals surface area contributed by atoms with Crippen LogP contribution in [0.15, 0.2) is 65.6 Å². The van der Waals surface area contributed by atoms with E-state index >= 15 is 0 Å². The number of rotatable bonds is 6. The van der Waals surface area contributed by atoms with Gasteiger partial charge in [-0.05, 0) is 62.1 Å². The Labute approximate surface area is 175 Å². The van der Waals surface area contributed by atoms with Crippen LogP contribution in [0.4, 0.5) is 11.6 Å². The van der Waals surface area contributed by atoms with E-state index < -0.39 is 10.0 Å². The maximum absolute atomic E-state index is 12.6. The Morgan fingerprint density at radius 2 is 1.60 bits per heavy atom. The molecule has 2 unspecified atom stereocenters. The van der Waals surface area contributed by atoms with Crippen molar-refractivity contribution in [3.63, 3.8) is 0 Å². The molecule has 7 nitrogen and oxygen atoms in total. The Kier molecular flexibility index (Phi) is 5.26. The number of anilines is 2. The number of hydrogen-bond acceptors (Lipinski definition) is 5. The lowest BCUT2D eigenvalue weighted by atomic mass is 10.1. The first-order valence-electron chi connectivity index (χ1n) is 9.63. The van der Waals surface area contributed by atoms with Gasteiger partial charge in [-0.1, -0.05) is 30.3 Å². The second kappa shape index (κ2) is 7.87. The molecule has 1 aromatic heterocycles. The number of nitrogens with zero attached hydrogens (tertiary/aromatic N) is 2. The predicted molar refractivity (Wildman–Crippen MR) is 115 cm³/mol. The van der Waals surface area contributed by atoms with Crippen molar-refractivity contribution in [1.82, 2.24) is 9.97 Å². The van der Waals surface area contributed by atoms with Gasteiger partial charge in [-0.3, -0.25) is 4.79 Å². The molecule has 1 aliphatic rings. The fourth-order valence-corrected chi connectivity index (χ4v) is 4.40. The molecular formula is C22H22N4O3S. The van der Waals surface area contributed by atoms with Crippen LogP contribution in [0.1, 0.15) is 29.3 Å². The second-order valence-corrected chi connectivity index (χ2v) is 9.14. The molecule has 1 heterocycles. The molecule has 2 N–H and O–H groups in total. The van der Waals surface area contributed by atoms with Gasteiger partial charge in [0.15, 0.2) is 0 Å². The highest BCUT2D eigenvalue weighted by molar-refractivity contribution is 7.92. The van der Waals surface area contributed by atoms with Crippen molar-refractivity contribution in [2.24, 2.45) is 5.92 Å². The van der Waals surface area contributed by atoms with E-state index in [1.807, 2.05) is 30.3 Å². The summed E-state index contributed by atoms with van der Waals surface area (Å²) in [6, 6.07) is 17.8. The van der Waals surface area contributed by atoms with Gasteiger partial charge in [0.25, 0.3) is 10.0 Å². The van der Waals surface area contributed by atoms with Crippen LogP contribution in [-0.2, 0) is 14.8 Å². The first-order valence-corrected chi connectivity index (χ1v) is 11.1. The average molecular weight is 423 g/mol. The standard InChI is InChI=1S/C22H22N4O3S/c1-14-12-15(2)24-22(23-14)26-30(28,29)18-10-8-17(9-11-18)25-21(27)20-13-19(20)16-6-4-3-5-7-16/h3-12,19-20H,13H2,1-2H3,(H,25,27)(H,23,24,26). The van der Waals surface area contributed by atoms with Crippen LogP contribution < -0.4 is 10.0 Å². The average Bonchev–Trinajstić information content (AvgIpc) is 3.49. The van der Waals surface area contributed by atoms with Gasteiger partial charge < -0.3 is 5.32 Å². The Bertz CT molecular complexity index is 1160. The highest BCUT2D eigenvalue weighted by Gasteiger charge is 2.43. The SMILES string of the molecule is Cc1cc(C)nc(NS(=O)(=O)c2ccc(NC(=O)C3CC3c3ccccc3)cc2)n1. The monoisotopic (exact) mass is 422 g/mol. The maximum atomic E-state index is 12.6. The largest absolute Gasteiger partial charge is 0.326 e. The number of nitrogens with one attached hydrogen (secondary N) is 2. The number of benzene rings is 2. The zero-order valence-electron chi connectivity index (χ0n) is 16.7. The van der Waals surface area contributed by atoms with Crippen LogP contribution in [0.2, 0.25) is 0 Å². The topological polar surface area (TPSA) is 101 Å². The summed E-state index contributed by atoms with van der Waals surface area (Å²) >= 11 is 0. The highest BCUT2D eigenvalue weighted by atomic mass is 32.2. The molecule has 3 aromatic rings. The van der Waals surface area contributed by atoms with Crippen molar-refractivity contribution in [2.45, 2.75) is 31.1 Å². The summed E-state index contributed by atoms with van der Waals surface area (Å²) in [5, 5.41) is 2.87. The van der Waals surface area contributed by atoms with Crippen molar-refractivity contribution >= 4 is 27.6 Å². The van der Waals surface area contributed by atoms with Gasteiger partial charge in [0.2, 0.25) is 11.9 Å². The van der Waals surface area contributed by atoms with Crippen LogP contribution in [-0.4, -0.2) is 24.3 Å². The van der Waals surface area contributed by atoms with Gasteiger partial charge in [0, 0.05) is 23.0 Å². The van der Waals surface area contributed by atoms with Gasteiger partial charge in [-0.15, -0.1) is 0 Å². The van der Waals surface area contributed by atoms with E-state index in [0.29, 0.717) is 17.1 Å². The van der Waals surface area contributed by atoms with Gasteiger partial charge >= 0.3 is 0 Å². The van der Waals surface area contributed by atoms with Crippen molar-refractivity contribution in [3.8, 4) is 0 Å². The Hall–Kier alpha value is -3.26. The van der Waals surface area contributed by atoms with Gasteiger partial charge in [-0.2, -0.15) is 0 Å². The van der Waals surface area contributed by atoms with E-state index in [4.69, 9.17) is 0 Å². The number of hydrogen-bond donors (Lipinski definition) is 2. The number of sulfonamides is 1. The summed E-state index contributed by atoms with van der Waals surface area (Å²) in [5.41, 5.74) is 3.07. The molecule has 1 aliphatic carbocycles. The molecule has 0 bridgehead atoms. The molecule has 2 aromatic carbocycles. The summed E-state index contributed by atoms with van der Waals surface area (Å²) in [7, 11) is -3.83. The molecule has 0 aliphatic heterocycles. The fourth-order valence-electron chi connectivity index (χ4n) is 3.46. The van der Waals surface area contributed by atoms with Gasteiger partial charge in [0.1, 0.15) is 0 Å². The summed E-state index contributed by atoms with van der Waals surface area (Å²) in [6.07, 6.45) is 0.822. The van der Waals surface area contributed by atoms with E-state index in [1.54, 1.807) is 32.0 Å². The van der Waals surface area contributed by atoms with E-state index in [0.717, 1.165) is 6.42 Å². The van der Waals surface area contributed by atoms with Crippen molar-refractivity contribution in [1.29, 1.82) is 0 Å². The molecule has 154 valence electrons. The normalized spacial score (nSPS) is 17.9. The minimum Gasteiger partial charge on any atom is -0.326 e. The Morgan fingerprint density at radius 3 is 2.23 bits per heavy atom. The molecule has 0 spiro atoms. The van der Waals surface area contributed by atoms with Crippen LogP contribution in [0.5, 0.6) is 0 Å². The lowest BCUT2D eigenvalue weighted by molar-refractivity contribution is -0.117. The molecule has 2 atom stereocenters. The third-order valence-electron chi connectivity index (χ3n) is 5.00. The van der Waals surface area contributed by atoms with Gasteiger partial charge in [0.05, 0.1) is 4.90 Å². The number of aryl methyl sites for hydroxylation is 2. The van der Waals surface area contributed by atoms with E-state index in [1.165, 1.54) is 17.7 Å².